The second-order valence-corrected chi connectivity index (χ2v) is 10.5. The van der Waals surface area contributed by atoms with E-state index in [1.54, 1.807) is 30.5 Å². The highest BCUT2D eigenvalue weighted by Gasteiger charge is 2.23. The van der Waals surface area contributed by atoms with Crippen LogP contribution < -0.4 is 10.1 Å². The molecular formula is C25H21Cl2N5O4S. The molecule has 0 aliphatic carbocycles. The number of rotatable bonds is 8. The van der Waals surface area contributed by atoms with Crippen molar-refractivity contribution in [1.29, 1.82) is 0 Å². The number of nitro benzene ring substituents is 1. The number of nitrogens with zero attached hydrogens (tertiary/aromatic N) is 3. The standard InChI is InChI=1S/C25H21Cl2N5O4S/c1-16-13-18(17(2)31(16)20-9-7-19(26)8-10-20)15-28-29-24-12-11-21(32(33)34)14-25(24)37(35,36)30-23-6-4-3-5-22(23)27/h3-15,29-30H,1-2H3/b28-15-. The van der Waals surface area contributed by atoms with E-state index < -0.39 is 14.9 Å². The van der Waals surface area contributed by atoms with Gasteiger partial charge in [0, 0.05) is 39.8 Å². The molecule has 0 spiro atoms. The first-order valence-electron chi connectivity index (χ1n) is 10.9. The molecule has 0 aliphatic rings. The maximum atomic E-state index is 13.2. The molecule has 2 N–H and O–H groups in total. The zero-order valence-corrected chi connectivity index (χ0v) is 22.0. The largest absolute Gasteiger partial charge is 0.318 e. The highest BCUT2D eigenvalue weighted by Crippen LogP contribution is 2.30. The number of aryl methyl sites for hydroxylation is 1. The van der Waals surface area contributed by atoms with E-state index in [0.29, 0.717) is 5.02 Å². The highest BCUT2D eigenvalue weighted by atomic mass is 35.5. The van der Waals surface area contributed by atoms with E-state index in [-0.39, 0.29) is 27.0 Å². The van der Waals surface area contributed by atoms with Crippen LogP contribution in [0.4, 0.5) is 17.1 Å². The number of hydrogen-bond donors (Lipinski definition) is 2. The van der Waals surface area contributed by atoms with Gasteiger partial charge >= 0.3 is 0 Å². The van der Waals surface area contributed by atoms with Gasteiger partial charge in [0.1, 0.15) is 4.90 Å². The van der Waals surface area contributed by atoms with Crippen LogP contribution in [0.5, 0.6) is 0 Å². The van der Waals surface area contributed by atoms with E-state index in [2.05, 4.69) is 15.2 Å². The molecule has 0 saturated heterocycles. The summed E-state index contributed by atoms with van der Waals surface area (Å²) in [6, 6.07) is 19.1. The fraction of sp³-hybridized carbons (Fsp3) is 0.0800. The van der Waals surface area contributed by atoms with E-state index in [4.69, 9.17) is 23.2 Å². The Morgan fingerprint density at radius 1 is 0.973 bits per heavy atom. The SMILES string of the molecule is Cc1cc(/C=N\Nc2ccc([N+](=O)[O-])cc2S(=O)(=O)Nc2ccccc2Cl)c(C)n1-c1ccc(Cl)cc1. The smallest absolute Gasteiger partial charge is 0.270 e. The van der Waals surface area contributed by atoms with Crippen molar-refractivity contribution in [3.63, 3.8) is 0 Å². The summed E-state index contributed by atoms with van der Waals surface area (Å²) < 4.78 is 30.7. The summed E-state index contributed by atoms with van der Waals surface area (Å²) in [6.07, 6.45) is 1.55. The van der Waals surface area contributed by atoms with Crippen LogP contribution in [0.2, 0.25) is 10.0 Å². The minimum Gasteiger partial charge on any atom is -0.318 e. The molecule has 0 bridgehead atoms. The molecule has 1 heterocycles. The van der Waals surface area contributed by atoms with Crippen molar-refractivity contribution >= 4 is 56.5 Å². The van der Waals surface area contributed by atoms with Crippen LogP contribution in [0.1, 0.15) is 17.0 Å². The van der Waals surface area contributed by atoms with Crippen LogP contribution in [0, 0.1) is 24.0 Å². The van der Waals surface area contributed by atoms with Crippen LogP contribution in [-0.4, -0.2) is 24.1 Å². The lowest BCUT2D eigenvalue weighted by molar-refractivity contribution is -0.385. The Hall–Kier alpha value is -3.86. The molecule has 0 amide bonds. The molecule has 4 rings (SSSR count). The van der Waals surface area contributed by atoms with Crippen molar-refractivity contribution in [2.75, 3.05) is 10.1 Å². The molecule has 4 aromatic rings. The fourth-order valence-corrected chi connectivity index (χ4v) is 5.38. The summed E-state index contributed by atoms with van der Waals surface area (Å²) in [6.45, 7) is 3.88. The lowest BCUT2D eigenvalue weighted by Gasteiger charge is -2.13. The Labute approximate surface area is 223 Å². The Morgan fingerprint density at radius 2 is 1.68 bits per heavy atom. The van der Waals surface area contributed by atoms with Crippen LogP contribution in [0.25, 0.3) is 5.69 Å². The molecule has 0 unspecified atom stereocenters. The Bertz CT molecular complexity index is 1620. The molecule has 0 radical (unpaired) electrons. The van der Waals surface area contributed by atoms with Gasteiger partial charge in [0.2, 0.25) is 0 Å². The maximum absolute atomic E-state index is 13.2. The Balaban J connectivity index is 1.65. The van der Waals surface area contributed by atoms with Crippen LogP contribution >= 0.6 is 23.2 Å². The number of nitro groups is 1. The van der Waals surface area contributed by atoms with E-state index in [0.717, 1.165) is 28.7 Å². The third kappa shape index (κ3) is 5.77. The molecule has 37 heavy (non-hydrogen) atoms. The van der Waals surface area contributed by atoms with Gasteiger partial charge in [-0.1, -0.05) is 35.3 Å². The minimum absolute atomic E-state index is 0.0490. The van der Waals surface area contributed by atoms with E-state index in [1.165, 1.54) is 24.3 Å². The van der Waals surface area contributed by atoms with Gasteiger partial charge in [-0.05, 0) is 62.4 Å². The van der Waals surface area contributed by atoms with E-state index in [9.17, 15) is 18.5 Å². The number of nitrogens with one attached hydrogen (secondary N) is 2. The number of anilines is 2. The monoisotopic (exact) mass is 557 g/mol. The lowest BCUT2D eigenvalue weighted by Crippen LogP contribution is -2.15. The number of benzene rings is 3. The van der Waals surface area contributed by atoms with Gasteiger partial charge in [-0.25, -0.2) is 8.42 Å². The van der Waals surface area contributed by atoms with Gasteiger partial charge in [0.15, 0.2) is 0 Å². The zero-order chi connectivity index (χ0) is 26.7. The quantitative estimate of drug-likeness (QED) is 0.144. The average Bonchev–Trinajstić information content (AvgIpc) is 3.13. The third-order valence-electron chi connectivity index (χ3n) is 5.53. The summed E-state index contributed by atoms with van der Waals surface area (Å²) >= 11 is 12.1. The molecule has 9 nitrogen and oxygen atoms in total. The van der Waals surface area contributed by atoms with Crippen molar-refractivity contribution in [2.24, 2.45) is 5.10 Å². The summed E-state index contributed by atoms with van der Waals surface area (Å²) in [5.74, 6) is 0. The first-order chi connectivity index (χ1) is 17.6. The van der Waals surface area contributed by atoms with Crippen LogP contribution in [0.15, 0.2) is 82.8 Å². The Kier molecular flexibility index (Phi) is 7.53. The highest BCUT2D eigenvalue weighted by molar-refractivity contribution is 7.93. The van der Waals surface area contributed by atoms with E-state index in [1.807, 2.05) is 36.6 Å². The van der Waals surface area contributed by atoms with Gasteiger partial charge in [0.05, 0.1) is 27.5 Å². The van der Waals surface area contributed by atoms with Gasteiger partial charge in [-0.15, -0.1) is 0 Å². The topological polar surface area (TPSA) is 119 Å². The molecule has 0 aliphatic heterocycles. The fourth-order valence-electron chi connectivity index (χ4n) is 3.76. The maximum Gasteiger partial charge on any atom is 0.270 e. The van der Waals surface area contributed by atoms with E-state index >= 15 is 0 Å². The Morgan fingerprint density at radius 3 is 2.35 bits per heavy atom. The average molecular weight is 558 g/mol. The summed E-state index contributed by atoms with van der Waals surface area (Å²) in [7, 11) is -4.26. The molecule has 3 aromatic carbocycles. The van der Waals surface area contributed by atoms with Crippen molar-refractivity contribution in [3.8, 4) is 5.69 Å². The minimum atomic E-state index is -4.26. The molecule has 0 saturated carbocycles. The number of para-hydroxylation sites is 1. The number of halogens is 2. The molecule has 0 atom stereocenters. The second kappa shape index (κ2) is 10.6. The summed E-state index contributed by atoms with van der Waals surface area (Å²) in [5, 5.41) is 16.3. The molecule has 1 aromatic heterocycles. The third-order valence-corrected chi connectivity index (χ3v) is 7.51. The molecule has 0 fully saturated rings. The number of sulfonamides is 1. The molecular weight excluding hydrogens is 537 g/mol. The number of hydrogen-bond acceptors (Lipinski definition) is 6. The van der Waals surface area contributed by atoms with Gasteiger partial charge in [0.25, 0.3) is 15.7 Å². The first kappa shape index (κ1) is 26.2. The van der Waals surface area contributed by atoms with Crippen LogP contribution in [0.3, 0.4) is 0 Å². The second-order valence-electron chi connectivity index (χ2n) is 8.03. The van der Waals surface area contributed by atoms with Crippen molar-refractivity contribution in [2.45, 2.75) is 18.7 Å². The van der Waals surface area contributed by atoms with Gasteiger partial charge < -0.3 is 4.57 Å². The number of hydrazone groups is 1. The van der Waals surface area contributed by atoms with Crippen molar-refractivity contribution in [3.05, 3.63) is 110 Å². The van der Waals surface area contributed by atoms with Crippen LogP contribution in [-0.2, 0) is 10.0 Å². The lowest BCUT2D eigenvalue weighted by atomic mass is 10.2. The zero-order valence-electron chi connectivity index (χ0n) is 19.6. The predicted octanol–water partition coefficient (Wildman–Crippen LogP) is 6.56. The van der Waals surface area contributed by atoms with Crippen molar-refractivity contribution < 1.29 is 13.3 Å². The number of non-ortho nitro benzene ring substituents is 1. The molecule has 190 valence electrons. The summed E-state index contributed by atoms with van der Waals surface area (Å²) in [4.78, 5) is 10.3. The van der Waals surface area contributed by atoms with Gasteiger partial charge in [-0.3, -0.25) is 20.3 Å². The van der Waals surface area contributed by atoms with Crippen molar-refractivity contribution in [1.82, 2.24) is 4.57 Å². The normalized spacial score (nSPS) is 11.6. The molecule has 12 heteroatoms. The first-order valence-corrected chi connectivity index (χ1v) is 13.1. The number of aromatic nitrogens is 1. The summed E-state index contributed by atoms with van der Waals surface area (Å²) in [5.41, 5.74) is 6.10. The predicted molar refractivity (Wildman–Crippen MR) is 147 cm³/mol. The van der Waals surface area contributed by atoms with Gasteiger partial charge in [-0.2, -0.15) is 5.10 Å².